The molecule has 0 aliphatic heterocycles. The predicted octanol–water partition coefficient (Wildman–Crippen LogP) is 1.33. The van der Waals surface area contributed by atoms with Gasteiger partial charge in [-0.1, -0.05) is 30.7 Å². The Labute approximate surface area is 111 Å². The van der Waals surface area contributed by atoms with Gasteiger partial charge in [0.1, 0.15) is 0 Å². The summed E-state index contributed by atoms with van der Waals surface area (Å²) in [5, 5.41) is 10.5. The van der Waals surface area contributed by atoms with Crippen LogP contribution in [-0.2, 0) is 4.79 Å². The molecule has 1 aromatic heterocycles. The standard InChI is InChI=1S/C13H17N5O/c1-2-5-10(14)13(19)16-11-6-3-4-7-12(11)18-9-8-15-17-18/h3-4,6-10H,2,5,14H2,1H3,(H,16,19)/t10-/m0/s1. The van der Waals surface area contributed by atoms with Gasteiger partial charge in [-0.05, 0) is 18.6 Å². The number of aromatic nitrogens is 3. The van der Waals surface area contributed by atoms with Crippen molar-refractivity contribution in [1.82, 2.24) is 15.0 Å². The molecule has 0 bridgehead atoms. The topological polar surface area (TPSA) is 85.8 Å². The predicted molar refractivity (Wildman–Crippen MR) is 72.9 cm³/mol. The number of nitrogens with one attached hydrogen (secondary N) is 1. The minimum atomic E-state index is -0.492. The van der Waals surface area contributed by atoms with Crippen LogP contribution in [-0.4, -0.2) is 26.9 Å². The van der Waals surface area contributed by atoms with Crippen molar-refractivity contribution in [2.24, 2.45) is 5.73 Å². The molecule has 1 heterocycles. The first-order valence-corrected chi connectivity index (χ1v) is 6.24. The first kappa shape index (κ1) is 13.2. The Balaban J connectivity index is 2.19. The van der Waals surface area contributed by atoms with Crippen LogP contribution >= 0.6 is 0 Å². The van der Waals surface area contributed by atoms with Crippen LogP contribution < -0.4 is 11.1 Å². The maximum Gasteiger partial charge on any atom is 0.241 e. The summed E-state index contributed by atoms with van der Waals surface area (Å²) >= 11 is 0. The molecule has 0 saturated heterocycles. The van der Waals surface area contributed by atoms with Crippen LogP contribution in [0.1, 0.15) is 19.8 Å². The zero-order valence-corrected chi connectivity index (χ0v) is 10.8. The molecule has 0 unspecified atom stereocenters. The van der Waals surface area contributed by atoms with Crippen molar-refractivity contribution < 1.29 is 4.79 Å². The third-order valence-corrected chi connectivity index (χ3v) is 2.77. The van der Waals surface area contributed by atoms with Crippen molar-refractivity contribution in [3.05, 3.63) is 36.7 Å². The lowest BCUT2D eigenvalue weighted by molar-refractivity contribution is -0.117. The Morgan fingerprint density at radius 3 is 2.95 bits per heavy atom. The van der Waals surface area contributed by atoms with Gasteiger partial charge >= 0.3 is 0 Å². The Kier molecular flexibility index (Phi) is 4.25. The molecular formula is C13H17N5O. The Bertz CT molecular complexity index is 538. The van der Waals surface area contributed by atoms with E-state index < -0.39 is 6.04 Å². The molecule has 6 nitrogen and oxygen atoms in total. The second-order valence-electron chi connectivity index (χ2n) is 4.25. The summed E-state index contributed by atoms with van der Waals surface area (Å²) in [6.07, 6.45) is 4.84. The molecule has 1 amide bonds. The van der Waals surface area contributed by atoms with Crippen molar-refractivity contribution in [3.8, 4) is 5.69 Å². The van der Waals surface area contributed by atoms with Crippen LogP contribution in [0.5, 0.6) is 0 Å². The number of rotatable bonds is 5. The molecule has 1 atom stereocenters. The molecule has 19 heavy (non-hydrogen) atoms. The molecule has 0 aliphatic rings. The maximum absolute atomic E-state index is 11.9. The average Bonchev–Trinajstić information content (AvgIpc) is 2.93. The van der Waals surface area contributed by atoms with Gasteiger partial charge in [0.2, 0.25) is 5.91 Å². The van der Waals surface area contributed by atoms with Crippen LogP contribution in [0.2, 0.25) is 0 Å². The number of para-hydroxylation sites is 2. The van der Waals surface area contributed by atoms with E-state index in [0.717, 1.165) is 12.1 Å². The second kappa shape index (κ2) is 6.10. The van der Waals surface area contributed by atoms with E-state index in [-0.39, 0.29) is 5.91 Å². The molecule has 0 aliphatic carbocycles. The van der Waals surface area contributed by atoms with Crippen molar-refractivity contribution >= 4 is 11.6 Å². The van der Waals surface area contributed by atoms with Crippen molar-refractivity contribution in [1.29, 1.82) is 0 Å². The van der Waals surface area contributed by atoms with Gasteiger partial charge in [-0.2, -0.15) is 0 Å². The highest BCUT2D eigenvalue weighted by molar-refractivity contribution is 5.96. The zero-order valence-electron chi connectivity index (χ0n) is 10.8. The number of hydrogen-bond donors (Lipinski definition) is 2. The quantitative estimate of drug-likeness (QED) is 0.848. The fourth-order valence-corrected chi connectivity index (χ4v) is 1.78. The van der Waals surface area contributed by atoms with E-state index in [0.29, 0.717) is 12.1 Å². The van der Waals surface area contributed by atoms with Crippen molar-refractivity contribution in [3.63, 3.8) is 0 Å². The van der Waals surface area contributed by atoms with Gasteiger partial charge in [-0.15, -0.1) is 5.10 Å². The third-order valence-electron chi connectivity index (χ3n) is 2.77. The molecule has 0 saturated carbocycles. The molecule has 0 spiro atoms. The second-order valence-corrected chi connectivity index (χ2v) is 4.25. The fourth-order valence-electron chi connectivity index (χ4n) is 1.78. The smallest absolute Gasteiger partial charge is 0.241 e. The monoisotopic (exact) mass is 259 g/mol. The van der Waals surface area contributed by atoms with Crippen LogP contribution in [0.25, 0.3) is 5.69 Å². The number of hydrogen-bond acceptors (Lipinski definition) is 4. The van der Waals surface area contributed by atoms with Crippen LogP contribution in [0.4, 0.5) is 5.69 Å². The number of anilines is 1. The van der Waals surface area contributed by atoms with Gasteiger partial charge in [0, 0.05) is 0 Å². The number of carbonyl (C=O) groups is 1. The van der Waals surface area contributed by atoms with Crippen LogP contribution in [0, 0.1) is 0 Å². The Hall–Kier alpha value is -2.21. The Morgan fingerprint density at radius 1 is 1.47 bits per heavy atom. The van der Waals surface area contributed by atoms with E-state index in [1.54, 1.807) is 17.1 Å². The Morgan fingerprint density at radius 2 is 2.26 bits per heavy atom. The number of nitrogens with zero attached hydrogens (tertiary/aromatic N) is 3. The number of carbonyl (C=O) groups excluding carboxylic acids is 1. The molecule has 3 N–H and O–H groups in total. The van der Waals surface area contributed by atoms with Gasteiger partial charge in [-0.25, -0.2) is 4.68 Å². The summed E-state index contributed by atoms with van der Waals surface area (Å²) < 4.78 is 1.60. The van der Waals surface area contributed by atoms with E-state index in [1.165, 1.54) is 0 Å². The number of amides is 1. The van der Waals surface area contributed by atoms with Crippen molar-refractivity contribution in [2.45, 2.75) is 25.8 Å². The summed E-state index contributed by atoms with van der Waals surface area (Å²) in [7, 11) is 0. The van der Waals surface area contributed by atoms with E-state index >= 15 is 0 Å². The average molecular weight is 259 g/mol. The molecule has 1 aromatic carbocycles. The summed E-state index contributed by atoms with van der Waals surface area (Å²) in [5.41, 5.74) is 7.23. The van der Waals surface area contributed by atoms with Crippen LogP contribution in [0.3, 0.4) is 0 Å². The lowest BCUT2D eigenvalue weighted by Crippen LogP contribution is -2.35. The summed E-state index contributed by atoms with van der Waals surface area (Å²) in [6, 6.07) is 6.90. The largest absolute Gasteiger partial charge is 0.323 e. The minimum absolute atomic E-state index is 0.186. The molecule has 6 heteroatoms. The molecule has 0 fully saturated rings. The van der Waals surface area contributed by atoms with E-state index in [9.17, 15) is 4.79 Å². The van der Waals surface area contributed by atoms with Crippen molar-refractivity contribution in [2.75, 3.05) is 5.32 Å². The first-order chi connectivity index (χ1) is 9.22. The van der Waals surface area contributed by atoms with Crippen LogP contribution in [0.15, 0.2) is 36.7 Å². The van der Waals surface area contributed by atoms with Gasteiger partial charge in [0.15, 0.2) is 0 Å². The minimum Gasteiger partial charge on any atom is -0.323 e. The van der Waals surface area contributed by atoms with Gasteiger partial charge in [0.25, 0.3) is 0 Å². The van der Waals surface area contributed by atoms with E-state index in [2.05, 4.69) is 15.6 Å². The molecule has 100 valence electrons. The van der Waals surface area contributed by atoms with E-state index in [4.69, 9.17) is 5.73 Å². The lowest BCUT2D eigenvalue weighted by Gasteiger charge is -2.14. The highest BCUT2D eigenvalue weighted by Crippen LogP contribution is 2.18. The van der Waals surface area contributed by atoms with Gasteiger partial charge < -0.3 is 11.1 Å². The summed E-state index contributed by atoms with van der Waals surface area (Å²) in [5.74, 6) is -0.186. The summed E-state index contributed by atoms with van der Waals surface area (Å²) in [4.78, 5) is 11.9. The van der Waals surface area contributed by atoms with Gasteiger partial charge in [-0.3, -0.25) is 4.79 Å². The molecule has 2 aromatic rings. The van der Waals surface area contributed by atoms with E-state index in [1.807, 2.05) is 31.2 Å². The highest BCUT2D eigenvalue weighted by Gasteiger charge is 2.14. The fraction of sp³-hybridized carbons (Fsp3) is 0.308. The lowest BCUT2D eigenvalue weighted by atomic mass is 10.1. The molecule has 0 radical (unpaired) electrons. The summed E-state index contributed by atoms with van der Waals surface area (Å²) in [6.45, 7) is 2.00. The molecule has 2 rings (SSSR count). The maximum atomic E-state index is 11.9. The van der Waals surface area contributed by atoms with Gasteiger partial charge in [0.05, 0.1) is 29.8 Å². The normalized spacial score (nSPS) is 12.1. The molecular weight excluding hydrogens is 242 g/mol. The number of benzene rings is 1. The highest BCUT2D eigenvalue weighted by atomic mass is 16.2. The SMILES string of the molecule is CCC[C@H](N)C(=O)Nc1ccccc1-n1ccnn1. The first-order valence-electron chi connectivity index (χ1n) is 6.24. The number of nitrogens with two attached hydrogens (primary N) is 1. The zero-order chi connectivity index (χ0) is 13.7. The third kappa shape index (κ3) is 3.17.